The lowest BCUT2D eigenvalue weighted by Crippen LogP contribution is -3.30. The monoisotopic (exact) mass is 302 g/mol. The average molecular weight is 303 g/mol. The zero-order valence-electron chi connectivity index (χ0n) is 14.5. The van der Waals surface area contributed by atoms with E-state index >= 15 is 0 Å². The number of piperazine rings is 1. The number of hydrogen-bond donors (Lipinski definition) is 2. The highest BCUT2D eigenvalue weighted by Crippen LogP contribution is 2.31. The summed E-state index contributed by atoms with van der Waals surface area (Å²) in [5, 5.41) is 0. The van der Waals surface area contributed by atoms with Crippen molar-refractivity contribution in [3.05, 3.63) is 35.9 Å². The molecule has 0 amide bonds. The van der Waals surface area contributed by atoms with Crippen LogP contribution in [0.15, 0.2) is 30.3 Å². The number of benzene rings is 1. The van der Waals surface area contributed by atoms with Crippen LogP contribution in [-0.2, 0) is 0 Å². The summed E-state index contributed by atoms with van der Waals surface area (Å²) < 4.78 is 0. The van der Waals surface area contributed by atoms with Crippen molar-refractivity contribution in [1.82, 2.24) is 0 Å². The van der Waals surface area contributed by atoms with E-state index in [4.69, 9.17) is 0 Å². The normalized spacial score (nSPS) is 34.3. The van der Waals surface area contributed by atoms with Crippen LogP contribution in [0.4, 0.5) is 0 Å². The first-order valence-electron chi connectivity index (χ1n) is 9.52. The number of quaternary nitrogens is 2. The zero-order chi connectivity index (χ0) is 15.4. The summed E-state index contributed by atoms with van der Waals surface area (Å²) in [6.45, 7) is 10.3. The molecule has 2 heteroatoms. The smallest absolute Gasteiger partial charge is 0.127 e. The van der Waals surface area contributed by atoms with E-state index in [1.54, 1.807) is 5.56 Å². The van der Waals surface area contributed by atoms with Gasteiger partial charge in [0.15, 0.2) is 0 Å². The van der Waals surface area contributed by atoms with Gasteiger partial charge in [-0.25, -0.2) is 0 Å². The Balaban J connectivity index is 1.46. The lowest BCUT2D eigenvalue weighted by molar-refractivity contribution is -1.03. The van der Waals surface area contributed by atoms with Crippen LogP contribution in [0.25, 0.3) is 0 Å². The van der Waals surface area contributed by atoms with E-state index in [1.165, 1.54) is 58.3 Å². The first-order valence-corrected chi connectivity index (χ1v) is 9.52. The minimum Gasteiger partial charge on any atom is -0.323 e. The zero-order valence-corrected chi connectivity index (χ0v) is 14.5. The second-order valence-electron chi connectivity index (χ2n) is 7.59. The van der Waals surface area contributed by atoms with E-state index < -0.39 is 0 Å². The van der Waals surface area contributed by atoms with Crippen molar-refractivity contribution in [3.63, 3.8) is 0 Å². The molecule has 2 N–H and O–H groups in total. The minimum atomic E-state index is 0.823. The van der Waals surface area contributed by atoms with Gasteiger partial charge in [0, 0.05) is 0 Å². The maximum Gasteiger partial charge on any atom is 0.127 e. The van der Waals surface area contributed by atoms with Crippen molar-refractivity contribution >= 4 is 0 Å². The molecule has 1 aliphatic heterocycles. The third kappa shape index (κ3) is 3.72. The van der Waals surface area contributed by atoms with Crippen LogP contribution in [0, 0.1) is 0 Å². The van der Waals surface area contributed by atoms with Crippen LogP contribution in [0.3, 0.4) is 0 Å². The van der Waals surface area contributed by atoms with Crippen molar-refractivity contribution in [3.8, 4) is 0 Å². The maximum atomic E-state index is 2.42. The van der Waals surface area contributed by atoms with E-state index in [0.29, 0.717) is 0 Å². The summed E-state index contributed by atoms with van der Waals surface area (Å²) in [6.07, 6.45) is 7.01. The fourth-order valence-corrected chi connectivity index (χ4v) is 4.64. The van der Waals surface area contributed by atoms with Gasteiger partial charge in [-0.3, -0.25) is 0 Å². The van der Waals surface area contributed by atoms with Gasteiger partial charge < -0.3 is 9.80 Å². The van der Waals surface area contributed by atoms with Gasteiger partial charge in [0.2, 0.25) is 0 Å². The van der Waals surface area contributed by atoms with E-state index in [1.807, 2.05) is 9.80 Å². The maximum absolute atomic E-state index is 2.42. The SMILES string of the molecule is CC[C@@H](C)[NH+]1CC[NH+](C2CCC(c3ccccc3)CC2)CC1. The summed E-state index contributed by atoms with van der Waals surface area (Å²) in [4.78, 5) is 3.77. The molecule has 0 spiro atoms. The van der Waals surface area contributed by atoms with Gasteiger partial charge in [0.05, 0.1) is 12.1 Å². The third-order valence-corrected chi connectivity index (χ3v) is 6.42. The van der Waals surface area contributed by atoms with Crippen LogP contribution in [0.2, 0.25) is 0 Å². The number of rotatable bonds is 4. The molecule has 1 saturated carbocycles. The van der Waals surface area contributed by atoms with Crippen LogP contribution in [0.5, 0.6) is 0 Å². The summed E-state index contributed by atoms with van der Waals surface area (Å²) >= 11 is 0. The first kappa shape index (κ1) is 16.0. The molecule has 0 radical (unpaired) electrons. The second kappa shape index (κ2) is 7.61. The Bertz CT molecular complexity index is 428. The Labute approximate surface area is 136 Å². The Kier molecular flexibility index (Phi) is 5.54. The molecule has 1 aromatic carbocycles. The molecular formula is C20H34N2+2. The highest BCUT2D eigenvalue weighted by molar-refractivity contribution is 5.19. The predicted molar refractivity (Wildman–Crippen MR) is 92.6 cm³/mol. The van der Waals surface area contributed by atoms with E-state index in [-0.39, 0.29) is 0 Å². The highest BCUT2D eigenvalue weighted by atomic mass is 15.3. The standard InChI is InChI=1S/C20H32N2/c1-3-17(2)21-13-15-22(16-14-21)20-11-9-19(10-12-20)18-7-5-4-6-8-18/h4-8,17,19-20H,3,9-16H2,1-2H3/p+2/t17-,19?,20?/m1/s1. The Morgan fingerprint density at radius 3 is 2.18 bits per heavy atom. The number of nitrogens with one attached hydrogen (secondary N) is 2. The van der Waals surface area contributed by atoms with Crippen molar-refractivity contribution in [1.29, 1.82) is 0 Å². The second-order valence-corrected chi connectivity index (χ2v) is 7.59. The van der Waals surface area contributed by atoms with Crippen molar-refractivity contribution in [2.45, 2.75) is 64.0 Å². The highest BCUT2D eigenvalue weighted by Gasteiger charge is 2.33. The summed E-state index contributed by atoms with van der Waals surface area (Å²) in [5.74, 6) is 0.823. The van der Waals surface area contributed by atoms with E-state index in [9.17, 15) is 0 Å². The lowest BCUT2D eigenvalue weighted by Gasteiger charge is -2.39. The molecule has 122 valence electrons. The van der Waals surface area contributed by atoms with Crippen molar-refractivity contribution in [2.75, 3.05) is 26.2 Å². The Morgan fingerprint density at radius 1 is 0.955 bits per heavy atom. The molecule has 1 heterocycles. The van der Waals surface area contributed by atoms with Gasteiger partial charge in [0.25, 0.3) is 0 Å². The lowest BCUT2D eigenvalue weighted by atomic mass is 9.81. The molecule has 0 aromatic heterocycles. The van der Waals surface area contributed by atoms with E-state index in [2.05, 4.69) is 44.2 Å². The molecule has 1 saturated heterocycles. The van der Waals surface area contributed by atoms with Gasteiger partial charge in [-0.2, -0.15) is 0 Å². The third-order valence-electron chi connectivity index (χ3n) is 6.42. The average Bonchev–Trinajstić information content (AvgIpc) is 2.62. The topological polar surface area (TPSA) is 8.88 Å². The van der Waals surface area contributed by atoms with Gasteiger partial charge in [-0.1, -0.05) is 37.3 Å². The molecule has 1 aromatic rings. The number of hydrogen-bond acceptors (Lipinski definition) is 0. The summed E-state index contributed by atoms with van der Waals surface area (Å²) in [5.41, 5.74) is 1.57. The molecule has 2 fully saturated rings. The largest absolute Gasteiger partial charge is 0.323 e. The fraction of sp³-hybridized carbons (Fsp3) is 0.700. The Hall–Kier alpha value is -0.860. The summed E-state index contributed by atoms with van der Waals surface area (Å²) in [7, 11) is 0. The van der Waals surface area contributed by atoms with Crippen LogP contribution < -0.4 is 9.80 Å². The summed E-state index contributed by atoms with van der Waals surface area (Å²) in [6, 6.07) is 13.0. The van der Waals surface area contributed by atoms with Crippen LogP contribution in [0.1, 0.15) is 57.4 Å². The molecule has 0 unspecified atom stereocenters. The molecule has 2 nitrogen and oxygen atoms in total. The molecule has 0 bridgehead atoms. The quantitative estimate of drug-likeness (QED) is 0.829. The van der Waals surface area contributed by atoms with Gasteiger partial charge in [-0.05, 0) is 50.5 Å². The predicted octanol–water partition coefficient (Wildman–Crippen LogP) is 1.29. The van der Waals surface area contributed by atoms with E-state index in [0.717, 1.165) is 18.0 Å². The van der Waals surface area contributed by atoms with Crippen molar-refractivity contribution < 1.29 is 9.80 Å². The fourth-order valence-electron chi connectivity index (χ4n) is 4.64. The molecule has 2 aliphatic rings. The van der Waals surface area contributed by atoms with Gasteiger partial charge in [-0.15, -0.1) is 0 Å². The molecule has 1 aliphatic carbocycles. The van der Waals surface area contributed by atoms with Gasteiger partial charge >= 0.3 is 0 Å². The Morgan fingerprint density at radius 2 is 1.59 bits per heavy atom. The molecule has 3 rings (SSSR count). The molecule has 1 atom stereocenters. The minimum absolute atomic E-state index is 0.823. The van der Waals surface area contributed by atoms with Crippen molar-refractivity contribution in [2.24, 2.45) is 0 Å². The van der Waals surface area contributed by atoms with Gasteiger partial charge in [0.1, 0.15) is 26.2 Å². The molecular weight excluding hydrogens is 268 g/mol. The first-order chi connectivity index (χ1) is 10.8. The molecule has 22 heavy (non-hydrogen) atoms. The van der Waals surface area contributed by atoms with Crippen LogP contribution >= 0.6 is 0 Å². The van der Waals surface area contributed by atoms with Crippen LogP contribution in [-0.4, -0.2) is 38.3 Å².